The smallest absolute Gasteiger partial charge is 0.263 e. The first-order valence-electron chi connectivity index (χ1n) is 10.4. The third-order valence-corrected chi connectivity index (χ3v) is 5.84. The van der Waals surface area contributed by atoms with Gasteiger partial charge >= 0.3 is 0 Å². The Bertz CT molecular complexity index is 1010. The van der Waals surface area contributed by atoms with Crippen molar-refractivity contribution < 1.29 is 9.53 Å². The summed E-state index contributed by atoms with van der Waals surface area (Å²) in [5.41, 5.74) is 2.29. The van der Waals surface area contributed by atoms with E-state index in [1.807, 2.05) is 41.1 Å². The van der Waals surface area contributed by atoms with Crippen LogP contribution in [0.3, 0.4) is 0 Å². The Morgan fingerprint density at radius 3 is 2.97 bits per heavy atom. The maximum absolute atomic E-state index is 13.5. The summed E-state index contributed by atoms with van der Waals surface area (Å²) in [4.78, 5) is 26.6. The average Bonchev–Trinajstić information content (AvgIpc) is 3.44. The van der Waals surface area contributed by atoms with Crippen molar-refractivity contribution in [2.24, 2.45) is 5.10 Å². The first-order valence-corrected chi connectivity index (χ1v) is 10.4. The zero-order valence-corrected chi connectivity index (χ0v) is 17.2. The molecule has 30 heavy (non-hydrogen) atoms. The lowest BCUT2D eigenvalue weighted by Gasteiger charge is -2.27. The molecule has 1 aromatic heterocycles. The van der Waals surface area contributed by atoms with Crippen LogP contribution in [0.4, 0.5) is 23.1 Å². The van der Waals surface area contributed by atoms with Crippen LogP contribution in [-0.2, 0) is 4.74 Å². The number of hydrazone groups is 1. The summed E-state index contributed by atoms with van der Waals surface area (Å²) < 4.78 is 5.59. The van der Waals surface area contributed by atoms with Crippen molar-refractivity contribution >= 4 is 34.9 Å². The molecule has 9 heteroatoms. The largest absolute Gasteiger partial charge is 0.456 e. The fourth-order valence-corrected chi connectivity index (χ4v) is 4.28. The molecule has 3 aliphatic rings. The Labute approximate surface area is 175 Å². The monoisotopic (exact) mass is 407 g/mol. The SMILES string of the molecule is CCC1=NN(c2cccc(N3CC4CCCN4c4nc(NC)ncc4C3=O)c2)CO1. The van der Waals surface area contributed by atoms with Crippen molar-refractivity contribution in [2.45, 2.75) is 32.2 Å². The van der Waals surface area contributed by atoms with Crippen LogP contribution in [0, 0.1) is 0 Å². The van der Waals surface area contributed by atoms with Gasteiger partial charge in [0.05, 0.1) is 5.69 Å². The van der Waals surface area contributed by atoms with Crippen LogP contribution >= 0.6 is 0 Å². The molecule has 156 valence electrons. The molecular formula is C21H25N7O2. The normalized spacial score (nSPS) is 20.5. The van der Waals surface area contributed by atoms with Gasteiger partial charge in [-0.25, -0.2) is 9.99 Å². The van der Waals surface area contributed by atoms with Crippen LogP contribution in [0.5, 0.6) is 0 Å². The van der Waals surface area contributed by atoms with Crippen molar-refractivity contribution in [1.82, 2.24) is 9.97 Å². The fourth-order valence-electron chi connectivity index (χ4n) is 4.28. The van der Waals surface area contributed by atoms with E-state index in [1.165, 1.54) is 0 Å². The lowest BCUT2D eigenvalue weighted by atomic mass is 10.1. The maximum atomic E-state index is 13.5. The van der Waals surface area contributed by atoms with Gasteiger partial charge in [-0.2, -0.15) is 4.98 Å². The first-order chi connectivity index (χ1) is 14.7. The zero-order valence-electron chi connectivity index (χ0n) is 17.2. The predicted octanol–water partition coefficient (Wildman–Crippen LogP) is 2.67. The van der Waals surface area contributed by atoms with Gasteiger partial charge in [-0.15, -0.1) is 5.10 Å². The summed E-state index contributed by atoms with van der Waals surface area (Å²) in [7, 11) is 1.79. The van der Waals surface area contributed by atoms with Crippen LogP contribution in [0.1, 0.15) is 36.5 Å². The van der Waals surface area contributed by atoms with Gasteiger partial charge in [0.15, 0.2) is 6.73 Å². The van der Waals surface area contributed by atoms with E-state index in [2.05, 4.69) is 25.3 Å². The molecule has 0 spiro atoms. The van der Waals surface area contributed by atoms with E-state index in [0.29, 0.717) is 24.8 Å². The van der Waals surface area contributed by atoms with Gasteiger partial charge < -0.3 is 19.9 Å². The van der Waals surface area contributed by atoms with E-state index in [4.69, 9.17) is 4.74 Å². The third kappa shape index (κ3) is 3.10. The molecule has 2 aromatic rings. The molecule has 1 N–H and O–H groups in total. The second-order valence-electron chi connectivity index (χ2n) is 7.63. The number of carbonyl (C=O) groups is 1. The molecule has 1 unspecified atom stereocenters. The van der Waals surface area contributed by atoms with Gasteiger partial charge in [0.1, 0.15) is 11.4 Å². The van der Waals surface area contributed by atoms with E-state index in [-0.39, 0.29) is 11.9 Å². The summed E-state index contributed by atoms with van der Waals surface area (Å²) in [6.07, 6.45) is 4.51. The second-order valence-corrected chi connectivity index (χ2v) is 7.63. The number of hydrogen-bond acceptors (Lipinski definition) is 8. The topological polar surface area (TPSA) is 86.2 Å². The quantitative estimate of drug-likeness (QED) is 0.834. The molecule has 5 rings (SSSR count). The minimum absolute atomic E-state index is 0.0744. The van der Waals surface area contributed by atoms with E-state index < -0.39 is 0 Å². The zero-order chi connectivity index (χ0) is 20.7. The molecule has 1 amide bonds. The summed E-state index contributed by atoms with van der Waals surface area (Å²) in [5, 5.41) is 9.30. The molecular weight excluding hydrogens is 382 g/mol. The number of fused-ring (bicyclic) bond motifs is 3. The van der Waals surface area contributed by atoms with Crippen LogP contribution in [0.15, 0.2) is 35.6 Å². The molecule has 1 saturated heterocycles. The molecule has 1 fully saturated rings. The number of nitrogens with zero attached hydrogens (tertiary/aromatic N) is 6. The number of aromatic nitrogens is 2. The molecule has 0 bridgehead atoms. The van der Waals surface area contributed by atoms with E-state index in [0.717, 1.165) is 48.9 Å². The second kappa shape index (κ2) is 7.47. The molecule has 0 saturated carbocycles. The Morgan fingerprint density at radius 1 is 1.30 bits per heavy atom. The third-order valence-electron chi connectivity index (χ3n) is 5.84. The van der Waals surface area contributed by atoms with Crippen LogP contribution < -0.4 is 20.1 Å². The van der Waals surface area contributed by atoms with Gasteiger partial charge in [0.2, 0.25) is 11.8 Å². The molecule has 4 heterocycles. The summed E-state index contributed by atoms with van der Waals surface area (Å²) in [5.74, 6) is 1.90. The Balaban J connectivity index is 1.52. The van der Waals surface area contributed by atoms with Gasteiger partial charge in [0, 0.05) is 44.5 Å². The van der Waals surface area contributed by atoms with Crippen LogP contribution in [-0.4, -0.2) is 54.7 Å². The van der Waals surface area contributed by atoms with E-state index in [1.54, 1.807) is 13.2 Å². The summed E-state index contributed by atoms with van der Waals surface area (Å²) in [6, 6.07) is 8.14. The summed E-state index contributed by atoms with van der Waals surface area (Å²) in [6.45, 7) is 3.92. The fraction of sp³-hybridized carbons (Fsp3) is 0.429. The minimum Gasteiger partial charge on any atom is -0.456 e. The van der Waals surface area contributed by atoms with Crippen LogP contribution in [0.25, 0.3) is 0 Å². The van der Waals surface area contributed by atoms with Crippen molar-refractivity contribution in [3.8, 4) is 0 Å². The van der Waals surface area contributed by atoms with E-state index in [9.17, 15) is 4.79 Å². The van der Waals surface area contributed by atoms with Gasteiger partial charge in [-0.1, -0.05) is 13.0 Å². The van der Waals surface area contributed by atoms with Crippen molar-refractivity contribution in [3.63, 3.8) is 0 Å². The molecule has 1 atom stereocenters. The lowest BCUT2D eigenvalue weighted by molar-refractivity contribution is 0.0988. The first kappa shape index (κ1) is 18.7. The lowest BCUT2D eigenvalue weighted by Crippen LogP contribution is -2.39. The highest BCUT2D eigenvalue weighted by atomic mass is 16.5. The predicted molar refractivity (Wildman–Crippen MR) is 116 cm³/mol. The molecule has 1 aromatic carbocycles. The van der Waals surface area contributed by atoms with Gasteiger partial charge in [-0.3, -0.25) is 4.79 Å². The number of anilines is 4. The van der Waals surface area contributed by atoms with Gasteiger partial charge in [0.25, 0.3) is 5.91 Å². The Morgan fingerprint density at radius 2 is 2.17 bits per heavy atom. The Kier molecular flexibility index (Phi) is 4.65. The molecule has 9 nitrogen and oxygen atoms in total. The minimum atomic E-state index is -0.0744. The maximum Gasteiger partial charge on any atom is 0.263 e. The van der Waals surface area contributed by atoms with Gasteiger partial charge in [-0.05, 0) is 31.0 Å². The number of hydrogen-bond donors (Lipinski definition) is 1. The number of nitrogens with one attached hydrogen (secondary N) is 1. The standard InChI is InChI=1S/C21H25N7O2/c1-3-18-25-28(13-30-18)15-7-4-6-14(10-15)27-12-16-8-5-9-26(16)19-17(20(27)29)11-23-21(22-2)24-19/h4,6-7,10-11,16H,3,5,8-9,12-13H2,1-2H3,(H,22,23,24). The Hall–Kier alpha value is -3.36. The van der Waals surface area contributed by atoms with Crippen molar-refractivity contribution in [3.05, 3.63) is 36.0 Å². The number of amides is 1. The number of rotatable bonds is 4. The van der Waals surface area contributed by atoms with Crippen LogP contribution in [0.2, 0.25) is 0 Å². The van der Waals surface area contributed by atoms with E-state index >= 15 is 0 Å². The highest BCUT2D eigenvalue weighted by Gasteiger charge is 2.37. The van der Waals surface area contributed by atoms with Crippen molar-refractivity contribution in [2.75, 3.05) is 47.0 Å². The number of ether oxygens (including phenoxy) is 1. The highest BCUT2D eigenvalue weighted by molar-refractivity contribution is 6.10. The highest BCUT2D eigenvalue weighted by Crippen LogP contribution is 2.35. The average molecular weight is 407 g/mol. The number of benzene rings is 1. The molecule has 0 aliphatic carbocycles. The van der Waals surface area contributed by atoms with Crippen molar-refractivity contribution in [1.29, 1.82) is 0 Å². The molecule has 0 radical (unpaired) electrons. The number of carbonyl (C=O) groups excluding carboxylic acids is 1. The molecule has 3 aliphatic heterocycles. The summed E-state index contributed by atoms with van der Waals surface area (Å²) >= 11 is 0.